The van der Waals surface area contributed by atoms with Gasteiger partial charge in [-0.1, -0.05) is 34.6 Å². The van der Waals surface area contributed by atoms with E-state index in [9.17, 15) is 14.0 Å². The lowest BCUT2D eigenvalue weighted by Crippen LogP contribution is -2.27. The highest BCUT2D eigenvalue weighted by Crippen LogP contribution is 2.45. The average Bonchev–Trinajstić information content (AvgIpc) is 3.49. The second kappa shape index (κ2) is 9.93. The fraction of sp³-hybridized carbons (Fsp3) is 0.281. The first-order valence-electron chi connectivity index (χ1n) is 13.1. The zero-order chi connectivity index (χ0) is 28.9. The van der Waals surface area contributed by atoms with Crippen LogP contribution in [0.4, 0.5) is 4.39 Å². The van der Waals surface area contributed by atoms with E-state index in [4.69, 9.17) is 9.47 Å². The normalized spacial score (nSPS) is 11.9. The maximum atomic E-state index is 14.0. The number of benzene rings is 3. The molecule has 0 saturated heterocycles. The van der Waals surface area contributed by atoms with Gasteiger partial charge in [-0.3, -0.25) is 4.79 Å². The molecule has 5 aromatic rings. The molecule has 8 heteroatoms. The molecule has 0 fully saturated rings. The molecule has 0 aliphatic carbocycles. The molecule has 0 saturated carbocycles. The molecule has 2 aromatic heterocycles. The van der Waals surface area contributed by atoms with Crippen molar-refractivity contribution in [3.8, 4) is 22.6 Å². The predicted octanol–water partition coefficient (Wildman–Crippen LogP) is 7.39. The number of rotatable bonds is 5. The molecule has 0 spiro atoms. The molecule has 0 amide bonds. The zero-order valence-corrected chi connectivity index (χ0v) is 23.7. The SMILES string of the molecule is COC(=O)c1ccc(-c2c(C(C)C)n(-c3ccc(F)cc3)c3cc4cnn(C(=O)C(C)(C)C)c4cc23)c(OC)c1. The number of fused-ring (bicyclic) bond motifs is 2. The largest absolute Gasteiger partial charge is 0.496 e. The van der Waals surface area contributed by atoms with Crippen molar-refractivity contribution in [2.45, 2.75) is 40.5 Å². The van der Waals surface area contributed by atoms with E-state index in [1.807, 2.05) is 39.0 Å². The van der Waals surface area contributed by atoms with Gasteiger partial charge in [-0.05, 0) is 60.5 Å². The first-order chi connectivity index (χ1) is 19.0. The molecule has 3 aromatic carbocycles. The van der Waals surface area contributed by atoms with Crippen molar-refractivity contribution in [2.24, 2.45) is 5.41 Å². The molecule has 40 heavy (non-hydrogen) atoms. The van der Waals surface area contributed by atoms with Crippen molar-refractivity contribution in [1.29, 1.82) is 0 Å². The lowest BCUT2D eigenvalue weighted by molar-refractivity contribution is 0.0600. The van der Waals surface area contributed by atoms with Gasteiger partial charge in [-0.15, -0.1) is 0 Å². The average molecular weight is 542 g/mol. The number of carbonyl (C=O) groups is 2. The molecule has 2 heterocycles. The van der Waals surface area contributed by atoms with Crippen LogP contribution in [0, 0.1) is 11.2 Å². The summed E-state index contributed by atoms with van der Waals surface area (Å²) in [6, 6.07) is 15.6. The van der Waals surface area contributed by atoms with Crippen LogP contribution in [-0.4, -0.2) is 40.4 Å². The summed E-state index contributed by atoms with van der Waals surface area (Å²) >= 11 is 0. The monoisotopic (exact) mass is 541 g/mol. The third-order valence-corrected chi connectivity index (χ3v) is 7.05. The summed E-state index contributed by atoms with van der Waals surface area (Å²) in [7, 11) is 2.90. The van der Waals surface area contributed by atoms with E-state index in [0.29, 0.717) is 16.8 Å². The van der Waals surface area contributed by atoms with Gasteiger partial charge in [-0.2, -0.15) is 9.78 Å². The zero-order valence-electron chi connectivity index (χ0n) is 23.7. The Balaban J connectivity index is 1.93. The van der Waals surface area contributed by atoms with Crippen LogP contribution >= 0.6 is 0 Å². The highest BCUT2D eigenvalue weighted by molar-refractivity contribution is 6.08. The topological polar surface area (TPSA) is 75.4 Å². The maximum absolute atomic E-state index is 14.0. The van der Waals surface area contributed by atoms with Crippen molar-refractivity contribution < 1.29 is 23.5 Å². The molecular formula is C32H32FN3O4. The van der Waals surface area contributed by atoms with Gasteiger partial charge in [0.05, 0.1) is 37.0 Å². The van der Waals surface area contributed by atoms with Crippen LogP contribution in [-0.2, 0) is 4.74 Å². The van der Waals surface area contributed by atoms with Gasteiger partial charge in [0.1, 0.15) is 11.6 Å². The van der Waals surface area contributed by atoms with E-state index in [1.165, 1.54) is 23.9 Å². The van der Waals surface area contributed by atoms with Crippen LogP contribution in [0.25, 0.3) is 38.6 Å². The number of nitrogens with zero attached hydrogens (tertiary/aromatic N) is 3. The lowest BCUT2D eigenvalue weighted by atomic mass is 9.94. The number of hydrogen-bond acceptors (Lipinski definition) is 5. The van der Waals surface area contributed by atoms with Crippen molar-refractivity contribution in [2.75, 3.05) is 14.2 Å². The fourth-order valence-corrected chi connectivity index (χ4v) is 5.15. The summed E-state index contributed by atoms with van der Waals surface area (Å²) in [6.45, 7) is 9.78. The van der Waals surface area contributed by atoms with E-state index in [2.05, 4.69) is 23.5 Å². The van der Waals surface area contributed by atoms with E-state index in [1.54, 1.807) is 37.6 Å². The molecular weight excluding hydrogens is 509 g/mol. The summed E-state index contributed by atoms with van der Waals surface area (Å²) in [6.07, 6.45) is 1.70. The first kappa shape index (κ1) is 27.1. The van der Waals surface area contributed by atoms with Crippen molar-refractivity contribution >= 4 is 33.7 Å². The first-order valence-corrected chi connectivity index (χ1v) is 13.1. The number of esters is 1. The molecule has 0 aliphatic heterocycles. The molecule has 0 N–H and O–H groups in total. The summed E-state index contributed by atoms with van der Waals surface area (Å²) < 4.78 is 28.2. The third-order valence-electron chi connectivity index (χ3n) is 7.05. The quantitative estimate of drug-likeness (QED) is 0.217. The Morgan fingerprint density at radius 3 is 2.25 bits per heavy atom. The van der Waals surface area contributed by atoms with Gasteiger partial charge in [0.25, 0.3) is 5.91 Å². The number of aromatic nitrogens is 3. The Labute approximate surface area is 232 Å². The molecule has 7 nitrogen and oxygen atoms in total. The Hall–Kier alpha value is -4.46. The summed E-state index contributed by atoms with van der Waals surface area (Å²) in [4.78, 5) is 25.6. The van der Waals surface area contributed by atoms with E-state index in [0.717, 1.165) is 38.8 Å². The Bertz CT molecular complexity index is 1770. The standard InChI is InChI=1S/C32H32FN3O4/c1-18(2)29-28(23-13-8-19(30(37)40-7)15-27(23)39-6)24-16-25-20(17-34-36(25)31(38)32(3,4)5)14-26(24)35(29)22-11-9-21(33)10-12-22/h8-18H,1-7H3. The lowest BCUT2D eigenvalue weighted by Gasteiger charge is -2.17. The highest BCUT2D eigenvalue weighted by Gasteiger charge is 2.28. The van der Waals surface area contributed by atoms with Crippen LogP contribution in [0.2, 0.25) is 0 Å². The van der Waals surface area contributed by atoms with Gasteiger partial charge >= 0.3 is 5.97 Å². The van der Waals surface area contributed by atoms with Crippen LogP contribution in [0.5, 0.6) is 5.75 Å². The summed E-state index contributed by atoms with van der Waals surface area (Å²) in [5, 5.41) is 6.12. The molecule has 5 rings (SSSR count). The maximum Gasteiger partial charge on any atom is 0.337 e. The van der Waals surface area contributed by atoms with Crippen LogP contribution in [0.15, 0.2) is 60.8 Å². The Kier molecular flexibility index (Phi) is 6.74. The molecule has 0 unspecified atom stereocenters. The minimum absolute atomic E-state index is 0.0354. The van der Waals surface area contributed by atoms with Crippen molar-refractivity contribution in [3.05, 3.63) is 77.9 Å². The number of ether oxygens (including phenoxy) is 2. The third kappa shape index (κ3) is 4.43. The number of carbonyl (C=O) groups excluding carboxylic acids is 2. The molecule has 0 radical (unpaired) electrons. The van der Waals surface area contributed by atoms with E-state index >= 15 is 0 Å². The molecule has 0 atom stereocenters. The number of methoxy groups -OCH3 is 2. The van der Waals surface area contributed by atoms with Gasteiger partial charge in [-0.25, -0.2) is 9.18 Å². The van der Waals surface area contributed by atoms with Crippen molar-refractivity contribution in [3.63, 3.8) is 0 Å². The minimum atomic E-state index is -0.632. The van der Waals surface area contributed by atoms with Gasteiger partial charge < -0.3 is 14.0 Å². The van der Waals surface area contributed by atoms with Crippen LogP contribution in [0.1, 0.15) is 61.4 Å². The summed E-state index contributed by atoms with van der Waals surface area (Å²) in [5.74, 6) is -0.369. The van der Waals surface area contributed by atoms with Gasteiger partial charge in [0.15, 0.2) is 0 Å². The number of hydrogen-bond donors (Lipinski definition) is 0. The fourth-order valence-electron chi connectivity index (χ4n) is 5.15. The molecule has 206 valence electrons. The summed E-state index contributed by atoms with van der Waals surface area (Å²) in [5.41, 5.74) is 4.73. The van der Waals surface area contributed by atoms with Crippen molar-refractivity contribution in [1.82, 2.24) is 14.3 Å². The van der Waals surface area contributed by atoms with Crippen LogP contribution < -0.4 is 4.74 Å². The second-order valence-electron chi connectivity index (χ2n) is 11.2. The number of halogens is 1. The van der Waals surface area contributed by atoms with Crippen LogP contribution in [0.3, 0.4) is 0 Å². The van der Waals surface area contributed by atoms with Gasteiger partial charge in [0.2, 0.25) is 0 Å². The predicted molar refractivity (Wildman–Crippen MR) is 154 cm³/mol. The molecule has 0 aliphatic rings. The van der Waals surface area contributed by atoms with E-state index < -0.39 is 11.4 Å². The Morgan fingerprint density at radius 1 is 0.950 bits per heavy atom. The smallest absolute Gasteiger partial charge is 0.337 e. The highest BCUT2D eigenvalue weighted by atomic mass is 19.1. The van der Waals surface area contributed by atoms with Gasteiger partial charge in [0, 0.05) is 38.7 Å². The molecule has 0 bridgehead atoms. The van der Waals surface area contributed by atoms with E-state index in [-0.39, 0.29) is 17.6 Å². The second-order valence-corrected chi connectivity index (χ2v) is 11.2. The minimum Gasteiger partial charge on any atom is -0.496 e. The Morgan fingerprint density at radius 2 is 1.65 bits per heavy atom.